The first-order valence-corrected chi connectivity index (χ1v) is 7.32. The lowest BCUT2D eigenvalue weighted by molar-refractivity contribution is 0.306. The first-order chi connectivity index (χ1) is 10.4. The van der Waals surface area contributed by atoms with Crippen LogP contribution in [0, 0.1) is 11.3 Å². The maximum atomic E-state index is 9.26. The topological polar surface area (TPSA) is 36.3 Å². The molecule has 1 aliphatic heterocycles. The van der Waals surface area contributed by atoms with Crippen molar-refractivity contribution in [3.8, 4) is 11.8 Å². The van der Waals surface area contributed by atoms with Gasteiger partial charge in [0.2, 0.25) is 0 Å². The maximum Gasteiger partial charge on any atom is 0.121 e. The Morgan fingerprint density at radius 1 is 1.05 bits per heavy atom. The van der Waals surface area contributed by atoms with Gasteiger partial charge in [-0.25, -0.2) is 0 Å². The molecule has 0 aromatic heterocycles. The van der Waals surface area contributed by atoms with Crippen LogP contribution >= 0.6 is 0 Å². The van der Waals surface area contributed by atoms with Crippen molar-refractivity contribution in [2.75, 3.05) is 18.0 Å². The molecule has 3 rings (SSSR count). The van der Waals surface area contributed by atoms with E-state index < -0.39 is 0 Å². The van der Waals surface area contributed by atoms with Crippen LogP contribution in [0.3, 0.4) is 0 Å². The molecule has 2 aromatic rings. The fourth-order valence-electron chi connectivity index (χ4n) is 2.66. The molecule has 0 amide bonds. The Morgan fingerprint density at radius 3 is 2.52 bits per heavy atom. The zero-order valence-electron chi connectivity index (χ0n) is 12.0. The molecule has 0 atom stereocenters. The van der Waals surface area contributed by atoms with Crippen molar-refractivity contribution in [3.05, 3.63) is 59.7 Å². The first kappa shape index (κ1) is 13.5. The highest BCUT2D eigenvalue weighted by molar-refractivity contribution is 5.62. The van der Waals surface area contributed by atoms with Crippen molar-refractivity contribution in [3.63, 3.8) is 0 Å². The lowest BCUT2D eigenvalue weighted by Gasteiger charge is -2.20. The van der Waals surface area contributed by atoms with E-state index in [1.54, 1.807) is 0 Å². The van der Waals surface area contributed by atoms with Crippen molar-refractivity contribution < 1.29 is 4.74 Å². The summed E-state index contributed by atoms with van der Waals surface area (Å²) in [5.41, 5.74) is 2.87. The van der Waals surface area contributed by atoms with Gasteiger partial charge in [0.25, 0.3) is 0 Å². The lowest BCUT2D eigenvalue weighted by atomic mass is 10.1. The van der Waals surface area contributed by atoms with E-state index in [0.29, 0.717) is 6.61 Å². The summed E-state index contributed by atoms with van der Waals surface area (Å²) >= 11 is 0. The van der Waals surface area contributed by atoms with E-state index in [4.69, 9.17) is 4.74 Å². The molecule has 0 N–H and O–H groups in total. The molecule has 21 heavy (non-hydrogen) atoms. The zero-order chi connectivity index (χ0) is 14.5. The van der Waals surface area contributed by atoms with Crippen LogP contribution in [-0.4, -0.2) is 13.1 Å². The minimum atomic E-state index is 0.548. The van der Waals surface area contributed by atoms with E-state index in [1.165, 1.54) is 12.8 Å². The Hall–Kier alpha value is -2.47. The Morgan fingerprint density at radius 2 is 1.81 bits per heavy atom. The maximum absolute atomic E-state index is 9.26. The lowest BCUT2D eigenvalue weighted by Crippen LogP contribution is -2.18. The number of nitrogens with zero attached hydrogens (tertiary/aromatic N) is 2. The van der Waals surface area contributed by atoms with Gasteiger partial charge in [0, 0.05) is 19.2 Å². The third kappa shape index (κ3) is 3.17. The summed E-state index contributed by atoms with van der Waals surface area (Å²) in [5, 5.41) is 9.26. The summed E-state index contributed by atoms with van der Waals surface area (Å²) in [4.78, 5) is 2.27. The number of benzene rings is 2. The van der Waals surface area contributed by atoms with Crippen LogP contribution < -0.4 is 9.64 Å². The minimum absolute atomic E-state index is 0.548. The summed E-state index contributed by atoms with van der Waals surface area (Å²) in [6.45, 7) is 2.60. The summed E-state index contributed by atoms with van der Waals surface area (Å²) in [7, 11) is 0. The van der Waals surface area contributed by atoms with Gasteiger partial charge in [0.1, 0.15) is 18.4 Å². The van der Waals surface area contributed by atoms with Crippen molar-refractivity contribution in [1.82, 2.24) is 0 Å². The molecule has 3 nitrogen and oxygen atoms in total. The van der Waals surface area contributed by atoms with Gasteiger partial charge in [-0.15, -0.1) is 0 Å². The van der Waals surface area contributed by atoms with Crippen molar-refractivity contribution in [2.24, 2.45) is 0 Å². The summed E-state index contributed by atoms with van der Waals surface area (Å²) in [6.07, 6.45) is 2.39. The average molecular weight is 278 g/mol. The van der Waals surface area contributed by atoms with Gasteiger partial charge in [-0.3, -0.25) is 0 Å². The van der Waals surface area contributed by atoms with E-state index in [2.05, 4.69) is 11.0 Å². The van der Waals surface area contributed by atoms with E-state index >= 15 is 0 Å². The smallest absolute Gasteiger partial charge is 0.121 e. The van der Waals surface area contributed by atoms with E-state index in [0.717, 1.165) is 35.7 Å². The fourth-order valence-corrected chi connectivity index (χ4v) is 2.66. The second-order valence-electron chi connectivity index (χ2n) is 5.26. The molecule has 3 heteroatoms. The number of ether oxygens (including phenoxy) is 1. The van der Waals surface area contributed by atoms with E-state index in [-0.39, 0.29) is 0 Å². The number of anilines is 1. The second kappa shape index (κ2) is 6.32. The highest BCUT2D eigenvalue weighted by Gasteiger charge is 2.16. The van der Waals surface area contributed by atoms with Gasteiger partial charge in [0.05, 0.1) is 11.3 Å². The van der Waals surface area contributed by atoms with E-state index in [1.807, 2.05) is 48.5 Å². The number of rotatable bonds is 4. The van der Waals surface area contributed by atoms with Crippen LogP contribution in [0.2, 0.25) is 0 Å². The molecule has 106 valence electrons. The standard InChI is InChI=1S/C18H18N2O/c19-13-16-8-9-17(12-18(16)20-10-4-5-11-20)21-14-15-6-2-1-3-7-15/h1-3,6-9,12H,4-5,10-11,14H2. The molecule has 0 spiro atoms. The highest BCUT2D eigenvalue weighted by atomic mass is 16.5. The van der Waals surface area contributed by atoms with Gasteiger partial charge in [0.15, 0.2) is 0 Å². The van der Waals surface area contributed by atoms with Crippen LogP contribution in [-0.2, 0) is 6.61 Å². The van der Waals surface area contributed by atoms with Crippen LogP contribution in [0.25, 0.3) is 0 Å². The Kier molecular flexibility index (Phi) is 4.07. The van der Waals surface area contributed by atoms with Gasteiger partial charge in [-0.2, -0.15) is 5.26 Å². The zero-order valence-corrected chi connectivity index (χ0v) is 12.0. The van der Waals surface area contributed by atoms with Crippen molar-refractivity contribution in [2.45, 2.75) is 19.4 Å². The second-order valence-corrected chi connectivity index (χ2v) is 5.26. The highest BCUT2D eigenvalue weighted by Crippen LogP contribution is 2.29. The summed E-state index contributed by atoms with van der Waals surface area (Å²) in [5.74, 6) is 0.819. The largest absolute Gasteiger partial charge is 0.489 e. The molecular formula is C18H18N2O. The van der Waals surface area contributed by atoms with Gasteiger partial charge < -0.3 is 9.64 Å². The Labute approximate surface area is 125 Å². The van der Waals surface area contributed by atoms with Gasteiger partial charge in [-0.1, -0.05) is 30.3 Å². The van der Waals surface area contributed by atoms with Gasteiger partial charge in [-0.05, 0) is 30.5 Å². The predicted octanol–water partition coefficient (Wildman–Crippen LogP) is 3.74. The molecule has 2 aromatic carbocycles. The van der Waals surface area contributed by atoms with Crippen molar-refractivity contribution >= 4 is 5.69 Å². The molecule has 0 saturated carbocycles. The number of hydrogen-bond donors (Lipinski definition) is 0. The predicted molar refractivity (Wildman–Crippen MR) is 83.4 cm³/mol. The molecule has 0 aliphatic carbocycles. The number of hydrogen-bond acceptors (Lipinski definition) is 3. The van der Waals surface area contributed by atoms with Crippen molar-refractivity contribution in [1.29, 1.82) is 5.26 Å². The molecular weight excluding hydrogens is 260 g/mol. The fraction of sp³-hybridized carbons (Fsp3) is 0.278. The molecule has 1 aliphatic rings. The quantitative estimate of drug-likeness (QED) is 0.854. The van der Waals surface area contributed by atoms with Crippen LogP contribution in [0.1, 0.15) is 24.0 Å². The molecule has 0 bridgehead atoms. The molecule has 1 heterocycles. The van der Waals surface area contributed by atoms with Gasteiger partial charge >= 0.3 is 0 Å². The van der Waals surface area contributed by atoms with Crippen LogP contribution in [0.15, 0.2) is 48.5 Å². The summed E-state index contributed by atoms with van der Waals surface area (Å²) < 4.78 is 5.86. The molecule has 1 saturated heterocycles. The Balaban J connectivity index is 1.77. The Bertz CT molecular complexity index is 640. The normalized spacial score (nSPS) is 14.0. The monoisotopic (exact) mass is 278 g/mol. The molecule has 0 unspecified atom stereocenters. The SMILES string of the molecule is N#Cc1ccc(OCc2ccccc2)cc1N1CCCC1. The third-order valence-corrected chi connectivity index (χ3v) is 3.78. The molecule has 1 fully saturated rings. The minimum Gasteiger partial charge on any atom is -0.489 e. The third-order valence-electron chi connectivity index (χ3n) is 3.78. The first-order valence-electron chi connectivity index (χ1n) is 7.32. The van der Waals surface area contributed by atoms with E-state index in [9.17, 15) is 5.26 Å². The number of nitriles is 1. The summed E-state index contributed by atoms with van der Waals surface area (Å²) in [6, 6.07) is 18.1. The van der Waals surface area contributed by atoms with Crippen LogP contribution in [0.4, 0.5) is 5.69 Å². The molecule has 0 radical (unpaired) electrons. The average Bonchev–Trinajstić information content (AvgIpc) is 3.08. The van der Waals surface area contributed by atoms with Crippen LogP contribution in [0.5, 0.6) is 5.75 Å².